The molecule has 16 nitrogen and oxygen atoms in total. The van der Waals surface area contributed by atoms with Gasteiger partial charge in [-0.15, -0.1) is 0 Å². The van der Waals surface area contributed by atoms with Crippen LogP contribution >= 0.6 is 23.8 Å². The number of Topliss-reactive ketones (excluding diaryl/α,β-unsaturated/α-hetero) is 1. The monoisotopic (exact) mass is 990 g/mol. The number of phosphoric acid groups is 1. The Bertz CT molecular complexity index is 2320. The Labute approximate surface area is 382 Å². The summed E-state index contributed by atoms with van der Waals surface area (Å²) >= 11 is 3.02. The van der Waals surface area contributed by atoms with Crippen molar-refractivity contribution in [1.82, 2.24) is 10.6 Å². The van der Waals surface area contributed by atoms with E-state index < -0.39 is 102 Å². The minimum Gasteiger partial charge on any atom is -0.390 e. The molecule has 2 aromatic carbocycles. The van der Waals surface area contributed by atoms with Crippen LogP contribution in [-0.4, -0.2) is 105 Å². The summed E-state index contributed by atoms with van der Waals surface area (Å²) in [5.41, 5.74) is 0.663. The second-order valence-corrected chi connectivity index (χ2v) is 19.8. The predicted molar refractivity (Wildman–Crippen MR) is 234 cm³/mol. The van der Waals surface area contributed by atoms with E-state index in [0.717, 1.165) is 17.2 Å². The largest absolute Gasteiger partial charge is 0.470 e. The van der Waals surface area contributed by atoms with Crippen LogP contribution in [0.15, 0.2) is 72.3 Å². The van der Waals surface area contributed by atoms with Crippen LogP contribution in [0.4, 0.5) is 14.5 Å². The molecule has 2 aromatic rings. The van der Waals surface area contributed by atoms with Gasteiger partial charge in [-0.3, -0.25) is 28.5 Å². The van der Waals surface area contributed by atoms with Crippen molar-refractivity contribution >= 4 is 58.7 Å². The van der Waals surface area contributed by atoms with Gasteiger partial charge in [-0.2, -0.15) is 0 Å². The van der Waals surface area contributed by atoms with E-state index in [2.05, 4.69) is 36.4 Å². The number of hydrogen-bond donors (Lipinski definition) is 7. The van der Waals surface area contributed by atoms with Crippen molar-refractivity contribution in [3.05, 3.63) is 89.0 Å². The minimum absolute atomic E-state index is 0.0103. The fourth-order valence-corrected chi connectivity index (χ4v) is 11.6. The highest BCUT2D eigenvalue weighted by Crippen LogP contribution is 2.72. The number of anilines is 1. The number of benzene rings is 2. The molecule has 11 atom stereocenters. The molecule has 4 fully saturated rings. The Morgan fingerprint density at radius 3 is 2.48 bits per heavy atom. The van der Waals surface area contributed by atoms with Gasteiger partial charge in [0.25, 0.3) is 0 Å². The third-order valence-corrected chi connectivity index (χ3v) is 15.1. The van der Waals surface area contributed by atoms with Crippen molar-refractivity contribution < 1.29 is 66.2 Å². The average molecular weight is 992 g/mol. The second kappa shape index (κ2) is 18.9. The van der Waals surface area contributed by atoms with Gasteiger partial charge < -0.3 is 46.1 Å². The van der Waals surface area contributed by atoms with Gasteiger partial charge in [-0.1, -0.05) is 65.3 Å². The van der Waals surface area contributed by atoms with Crippen molar-refractivity contribution in [2.75, 3.05) is 30.3 Å². The van der Waals surface area contributed by atoms with E-state index in [1.807, 2.05) is 18.2 Å². The van der Waals surface area contributed by atoms with Gasteiger partial charge in [0.2, 0.25) is 17.7 Å². The summed E-state index contributed by atoms with van der Waals surface area (Å²) < 4.78 is 63.5. The zero-order valence-electron chi connectivity index (χ0n) is 35.8. The summed E-state index contributed by atoms with van der Waals surface area (Å²) in [6.45, 7) is 2.14. The van der Waals surface area contributed by atoms with Crippen molar-refractivity contribution in [2.45, 2.75) is 101 Å². The van der Waals surface area contributed by atoms with Crippen LogP contribution in [0, 0.1) is 22.7 Å². The number of nitrogens with one attached hydrogen (secondary N) is 3. The first-order valence-electron chi connectivity index (χ1n) is 21.5. The summed E-state index contributed by atoms with van der Waals surface area (Å²) in [4.78, 5) is 83.3. The number of carbonyl (C=O) groups excluding carboxylic acids is 5. The molecule has 3 saturated carbocycles. The lowest BCUT2D eigenvalue weighted by Crippen LogP contribution is -2.70. The molecule has 20 heteroatoms. The molecular weight excluding hydrogens is 937 g/mol. The Morgan fingerprint density at radius 1 is 1.05 bits per heavy atom. The zero-order valence-corrected chi connectivity index (χ0v) is 38.3. The summed E-state index contributed by atoms with van der Waals surface area (Å²) in [6, 6.07) is 13.4. The molecule has 1 heterocycles. The van der Waals surface area contributed by atoms with Crippen LogP contribution in [-0.2, 0) is 49.0 Å². The van der Waals surface area contributed by atoms with E-state index in [1.165, 1.54) is 19.1 Å². The predicted octanol–water partition coefficient (Wildman–Crippen LogP) is 4.10. The fraction of sp³-hybridized carbons (Fsp3) is 0.533. The SMILES string of the molecule is CC12C[C@H](O)[C@@]3(F)C(C[C@H](F)C4=CC(=O)C=CC43C)[C@@H]1C[C@H]1O[C@@H](c3ccc(Cc4cccc(NC(=O)[C@H](CCCCN)NC(=O)CNC(=O)CBr)c4)cc3)O[C@]12C(=O)COP(=O)(O)O. The quantitative estimate of drug-likeness (QED) is 0.0671. The molecule has 8 N–H and O–H groups in total. The van der Waals surface area contributed by atoms with Crippen LogP contribution in [0.3, 0.4) is 0 Å². The van der Waals surface area contributed by atoms with Crippen molar-refractivity contribution in [2.24, 2.45) is 28.4 Å². The topological polar surface area (TPSA) is 253 Å². The summed E-state index contributed by atoms with van der Waals surface area (Å²) in [6.07, 6.45) is -1.01. The number of aliphatic hydroxyl groups is 1. The molecule has 3 amide bonds. The number of unbranched alkanes of at least 4 members (excludes halogenated alkanes) is 1. The Hall–Kier alpha value is -4.04. The van der Waals surface area contributed by atoms with Crippen LogP contribution in [0.5, 0.6) is 0 Å². The highest BCUT2D eigenvalue weighted by atomic mass is 79.9. The molecule has 0 spiro atoms. The average Bonchev–Trinajstić information content (AvgIpc) is 3.76. The maximum Gasteiger partial charge on any atom is 0.470 e. The lowest BCUT2D eigenvalue weighted by atomic mass is 9.44. The molecule has 65 heavy (non-hydrogen) atoms. The standard InChI is InChI=1S/C45H54BrF2N4O12P/c1-42-14-13-29(53)18-32(42)33(47)19-31-30-20-37-45(36(55)24-62-65(59,60)61,43(30,2)21-35(54)44(31,42)48)64-41(63-37)27-11-9-25(10-12-27)16-26-6-5-7-28(17-26)51-40(58)34(8-3-4-15-49)52-39(57)23-50-38(56)22-46/h5-7,9-14,17-18,30-31,33-35,37,41,54H,3-4,8,15-16,19-24,49H2,1-2H3,(H,50,56)(H,51,58)(H,52,57)(H2,59,60,61)/t30-,31?,33-,34-,35-,37+,41+,42?,43?,44-,45+/m0/s1. The molecule has 0 radical (unpaired) electrons. The second-order valence-electron chi connectivity index (χ2n) is 18.0. The number of rotatable bonds is 17. The van der Waals surface area contributed by atoms with Crippen LogP contribution in [0.25, 0.3) is 0 Å². The number of nitrogens with two attached hydrogens (primary N) is 1. The number of ether oxygens (including phenoxy) is 2. The highest BCUT2D eigenvalue weighted by Gasteiger charge is 2.80. The van der Waals surface area contributed by atoms with Gasteiger partial charge in [-0.25, -0.2) is 13.3 Å². The maximum absolute atomic E-state index is 17.9. The number of aliphatic hydroxyl groups excluding tert-OH is 1. The molecule has 352 valence electrons. The first-order chi connectivity index (χ1) is 30.7. The van der Waals surface area contributed by atoms with Gasteiger partial charge >= 0.3 is 7.82 Å². The number of amides is 3. The number of alkyl halides is 3. The maximum atomic E-state index is 17.9. The number of phosphoric ester groups is 1. The van der Waals surface area contributed by atoms with Gasteiger partial charge in [0.15, 0.2) is 29.1 Å². The fourth-order valence-electron chi connectivity index (χ4n) is 11.1. The number of ketones is 2. The van der Waals surface area contributed by atoms with E-state index in [4.69, 9.17) is 15.2 Å². The lowest BCUT2D eigenvalue weighted by Gasteiger charge is -2.63. The smallest absolute Gasteiger partial charge is 0.390 e. The number of fused-ring (bicyclic) bond motifs is 7. The molecule has 7 rings (SSSR count). The third-order valence-electron chi connectivity index (χ3n) is 14.2. The molecular formula is C45H54BrF2N4O12P. The van der Waals surface area contributed by atoms with Crippen molar-refractivity contribution in [3.63, 3.8) is 0 Å². The molecule has 5 aliphatic rings. The molecule has 3 unspecified atom stereocenters. The normalized spacial score (nSPS) is 32.9. The van der Waals surface area contributed by atoms with E-state index in [0.29, 0.717) is 43.5 Å². The molecule has 1 saturated heterocycles. The molecule has 0 aromatic heterocycles. The van der Waals surface area contributed by atoms with Gasteiger partial charge in [-0.05, 0) is 105 Å². The highest BCUT2D eigenvalue weighted by molar-refractivity contribution is 9.09. The van der Waals surface area contributed by atoms with Crippen LogP contribution in [0.2, 0.25) is 0 Å². The van der Waals surface area contributed by atoms with Crippen LogP contribution in [0.1, 0.15) is 75.4 Å². The van der Waals surface area contributed by atoms with E-state index in [-0.39, 0.29) is 42.6 Å². The summed E-state index contributed by atoms with van der Waals surface area (Å²) in [5, 5.41) is 19.9. The Morgan fingerprint density at radius 2 is 1.78 bits per heavy atom. The van der Waals surface area contributed by atoms with Gasteiger partial charge in [0.1, 0.15) is 18.8 Å². The minimum atomic E-state index is -5.15. The van der Waals surface area contributed by atoms with E-state index in [9.17, 15) is 43.4 Å². The van der Waals surface area contributed by atoms with E-state index in [1.54, 1.807) is 37.3 Å². The number of carbonyl (C=O) groups is 5. The van der Waals surface area contributed by atoms with E-state index >= 15 is 8.78 Å². The molecule has 0 bridgehead atoms. The first-order valence-corrected chi connectivity index (χ1v) is 24.2. The number of halogens is 3. The van der Waals surface area contributed by atoms with Crippen LogP contribution < -0.4 is 21.7 Å². The Kier molecular flexibility index (Phi) is 14.2. The first kappa shape index (κ1) is 48.9. The number of allylic oxidation sites excluding steroid dienone is 4. The number of hydrogen-bond acceptors (Lipinski definition) is 11. The van der Waals surface area contributed by atoms with Crippen molar-refractivity contribution in [1.29, 1.82) is 0 Å². The summed E-state index contributed by atoms with van der Waals surface area (Å²) in [7, 11) is -5.15. The molecule has 4 aliphatic carbocycles. The zero-order chi connectivity index (χ0) is 47.1. The molecule has 1 aliphatic heterocycles. The Balaban J connectivity index is 1.08. The lowest BCUT2D eigenvalue weighted by molar-refractivity contribution is -0.235. The van der Waals surface area contributed by atoms with Gasteiger partial charge in [0, 0.05) is 28.0 Å². The van der Waals surface area contributed by atoms with Crippen molar-refractivity contribution in [3.8, 4) is 0 Å². The van der Waals surface area contributed by atoms with Gasteiger partial charge in [0.05, 0.1) is 24.1 Å². The third kappa shape index (κ3) is 9.20. The summed E-state index contributed by atoms with van der Waals surface area (Å²) in [5.74, 6) is -4.69.